The summed E-state index contributed by atoms with van der Waals surface area (Å²) in [6.07, 6.45) is 1.93. The van der Waals surface area contributed by atoms with Crippen molar-refractivity contribution in [2.75, 3.05) is 30.4 Å². The Labute approximate surface area is 126 Å². The molecule has 1 heterocycles. The molecule has 1 aromatic rings. The van der Waals surface area contributed by atoms with Gasteiger partial charge in [-0.05, 0) is 19.8 Å². The van der Waals surface area contributed by atoms with Crippen LogP contribution in [0.1, 0.15) is 33.6 Å². The van der Waals surface area contributed by atoms with Crippen molar-refractivity contribution in [3.05, 3.63) is 17.9 Å². The molecule has 1 aliphatic heterocycles. The maximum Gasteiger partial charge on any atom is 0.167 e. The van der Waals surface area contributed by atoms with Gasteiger partial charge in [-0.2, -0.15) is 0 Å². The second-order valence-electron chi connectivity index (χ2n) is 5.55. The van der Waals surface area contributed by atoms with Crippen molar-refractivity contribution >= 4 is 11.4 Å². The topological polar surface area (TPSA) is 47.7 Å². The first-order valence-electron chi connectivity index (χ1n) is 7.66. The molecule has 2 atom stereocenters. The SMILES string of the molecule is CCCOc1cc(N2CC(C)OCC2CC)c(N)cc1F. The minimum absolute atomic E-state index is 0.136. The number of anilines is 2. The van der Waals surface area contributed by atoms with E-state index >= 15 is 0 Å². The lowest BCUT2D eigenvalue weighted by molar-refractivity contribution is 0.0300. The minimum atomic E-state index is -0.404. The number of rotatable bonds is 5. The predicted octanol–water partition coefficient (Wildman–Crippen LogP) is 3.20. The Kier molecular flexibility index (Phi) is 5.28. The summed E-state index contributed by atoms with van der Waals surface area (Å²) in [5, 5.41) is 0. The Balaban J connectivity index is 2.31. The van der Waals surface area contributed by atoms with Crippen molar-refractivity contribution in [2.24, 2.45) is 0 Å². The van der Waals surface area contributed by atoms with Crippen molar-refractivity contribution in [3.8, 4) is 5.75 Å². The Hall–Kier alpha value is -1.49. The molecule has 0 saturated carbocycles. The Morgan fingerprint density at radius 1 is 1.43 bits per heavy atom. The Morgan fingerprint density at radius 2 is 2.19 bits per heavy atom. The third kappa shape index (κ3) is 3.59. The second kappa shape index (κ2) is 6.98. The fraction of sp³-hybridized carbons (Fsp3) is 0.625. The van der Waals surface area contributed by atoms with Crippen LogP contribution in [0.5, 0.6) is 5.75 Å². The maximum absolute atomic E-state index is 13.9. The van der Waals surface area contributed by atoms with Gasteiger partial charge in [-0.15, -0.1) is 0 Å². The number of nitrogens with zero attached hydrogens (tertiary/aromatic N) is 1. The summed E-state index contributed by atoms with van der Waals surface area (Å²) in [4.78, 5) is 2.21. The van der Waals surface area contributed by atoms with Crippen LogP contribution in [0.3, 0.4) is 0 Å². The monoisotopic (exact) mass is 296 g/mol. The van der Waals surface area contributed by atoms with E-state index in [1.165, 1.54) is 6.07 Å². The standard InChI is InChI=1S/C16H25FN2O2/c1-4-6-20-16-8-15(14(18)7-13(16)17)19-9-11(3)21-10-12(19)5-2/h7-8,11-12H,4-6,9-10,18H2,1-3H3. The van der Waals surface area contributed by atoms with Crippen molar-refractivity contribution in [1.29, 1.82) is 0 Å². The molecule has 4 nitrogen and oxygen atoms in total. The molecule has 2 rings (SSSR count). The lowest BCUT2D eigenvalue weighted by atomic mass is 10.1. The van der Waals surface area contributed by atoms with Crippen LogP contribution in [0.4, 0.5) is 15.8 Å². The molecule has 21 heavy (non-hydrogen) atoms. The van der Waals surface area contributed by atoms with Gasteiger partial charge in [0.2, 0.25) is 0 Å². The molecule has 1 saturated heterocycles. The van der Waals surface area contributed by atoms with Crippen LogP contribution in [0.2, 0.25) is 0 Å². The lowest BCUT2D eigenvalue weighted by Crippen LogP contribution is -2.49. The number of ether oxygens (including phenoxy) is 2. The molecule has 5 heteroatoms. The second-order valence-corrected chi connectivity index (χ2v) is 5.55. The van der Waals surface area contributed by atoms with Gasteiger partial charge in [-0.3, -0.25) is 0 Å². The molecule has 118 valence electrons. The van der Waals surface area contributed by atoms with Gasteiger partial charge < -0.3 is 20.1 Å². The van der Waals surface area contributed by atoms with Gasteiger partial charge in [0.15, 0.2) is 11.6 Å². The van der Waals surface area contributed by atoms with Crippen molar-refractivity contribution in [2.45, 2.75) is 45.8 Å². The van der Waals surface area contributed by atoms with Crippen LogP contribution in [-0.4, -0.2) is 31.9 Å². The van der Waals surface area contributed by atoms with Crippen LogP contribution >= 0.6 is 0 Å². The van der Waals surface area contributed by atoms with Gasteiger partial charge in [-0.1, -0.05) is 13.8 Å². The van der Waals surface area contributed by atoms with Crippen LogP contribution in [-0.2, 0) is 4.74 Å². The highest BCUT2D eigenvalue weighted by atomic mass is 19.1. The van der Waals surface area contributed by atoms with Gasteiger partial charge in [-0.25, -0.2) is 4.39 Å². The zero-order chi connectivity index (χ0) is 15.4. The fourth-order valence-electron chi connectivity index (χ4n) is 2.61. The van der Waals surface area contributed by atoms with E-state index in [1.54, 1.807) is 6.07 Å². The molecule has 2 N–H and O–H groups in total. The molecule has 1 fully saturated rings. The normalized spacial score (nSPS) is 22.4. The first kappa shape index (κ1) is 15.9. The zero-order valence-corrected chi connectivity index (χ0v) is 13.1. The summed E-state index contributed by atoms with van der Waals surface area (Å²) in [5.41, 5.74) is 7.32. The predicted molar refractivity (Wildman–Crippen MR) is 83.4 cm³/mol. The summed E-state index contributed by atoms with van der Waals surface area (Å²) in [6, 6.07) is 3.33. The molecule has 0 spiro atoms. The van der Waals surface area contributed by atoms with Crippen LogP contribution < -0.4 is 15.4 Å². The van der Waals surface area contributed by atoms with Crippen LogP contribution in [0.15, 0.2) is 12.1 Å². The average molecular weight is 296 g/mol. The fourth-order valence-corrected chi connectivity index (χ4v) is 2.61. The third-order valence-electron chi connectivity index (χ3n) is 3.79. The van der Waals surface area contributed by atoms with Crippen molar-refractivity contribution < 1.29 is 13.9 Å². The third-order valence-corrected chi connectivity index (χ3v) is 3.79. The zero-order valence-electron chi connectivity index (χ0n) is 13.1. The quantitative estimate of drug-likeness (QED) is 0.848. The molecule has 1 aliphatic rings. The van der Waals surface area contributed by atoms with Crippen molar-refractivity contribution in [1.82, 2.24) is 0 Å². The van der Waals surface area contributed by atoms with E-state index in [-0.39, 0.29) is 17.9 Å². The highest BCUT2D eigenvalue weighted by molar-refractivity contribution is 5.70. The first-order chi connectivity index (χ1) is 10.1. The Bertz CT molecular complexity index is 482. The van der Waals surface area contributed by atoms with Gasteiger partial charge >= 0.3 is 0 Å². The summed E-state index contributed by atoms with van der Waals surface area (Å²) < 4.78 is 25.1. The molecule has 0 aliphatic carbocycles. The van der Waals surface area contributed by atoms with Gasteiger partial charge in [0, 0.05) is 18.7 Å². The molecule has 0 radical (unpaired) electrons. The lowest BCUT2D eigenvalue weighted by Gasteiger charge is -2.40. The largest absolute Gasteiger partial charge is 0.490 e. The highest BCUT2D eigenvalue weighted by Crippen LogP contribution is 2.34. The molecule has 0 bridgehead atoms. The van der Waals surface area contributed by atoms with E-state index in [0.717, 1.165) is 25.1 Å². The summed E-state index contributed by atoms with van der Waals surface area (Å²) in [5.74, 6) is -0.130. The molecule has 2 unspecified atom stereocenters. The van der Waals surface area contributed by atoms with E-state index in [0.29, 0.717) is 18.9 Å². The van der Waals surface area contributed by atoms with E-state index in [2.05, 4.69) is 11.8 Å². The van der Waals surface area contributed by atoms with Crippen LogP contribution in [0, 0.1) is 5.82 Å². The van der Waals surface area contributed by atoms with E-state index < -0.39 is 5.82 Å². The number of halogens is 1. The summed E-state index contributed by atoms with van der Waals surface area (Å²) in [7, 11) is 0. The molecular formula is C16H25FN2O2. The minimum Gasteiger partial charge on any atom is -0.490 e. The van der Waals surface area contributed by atoms with E-state index in [1.807, 2.05) is 13.8 Å². The average Bonchev–Trinajstić information content (AvgIpc) is 2.46. The van der Waals surface area contributed by atoms with Gasteiger partial charge in [0.05, 0.1) is 36.7 Å². The smallest absolute Gasteiger partial charge is 0.167 e. The number of morpholine rings is 1. The van der Waals surface area contributed by atoms with Gasteiger partial charge in [0.1, 0.15) is 0 Å². The van der Waals surface area contributed by atoms with Crippen molar-refractivity contribution in [3.63, 3.8) is 0 Å². The maximum atomic E-state index is 13.9. The first-order valence-corrected chi connectivity index (χ1v) is 7.66. The van der Waals surface area contributed by atoms with Crippen LogP contribution in [0.25, 0.3) is 0 Å². The number of benzene rings is 1. The Morgan fingerprint density at radius 3 is 2.86 bits per heavy atom. The van der Waals surface area contributed by atoms with E-state index in [4.69, 9.17) is 15.2 Å². The summed E-state index contributed by atoms with van der Waals surface area (Å²) in [6.45, 7) is 8.06. The number of hydrogen-bond donors (Lipinski definition) is 1. The highest BCUT2D eigenvalue weighted by Gasteiger charge is 2.27. The molecular weight excluding hydrogens is 271 g/mol. The van der Waals surface area contributed by atoms with Gasteiger partial charge in [0.25, 0.3) is 0 Å². The number of nitrogen functional groups attached to an aromatic ring is 1. The number of hydrogen-bond acceptors (Lipinski definition) is 4. The van der Waals surface area contributed by atoms with E-state index in [9.17, 15) is 4.39 Å². The molecule has 1 aromatic carbocycles. The molecule has 0 amide bonds. The molecule has 0 aromatic heterocycles. The number of nitrogens with two attached hydrogens (primary N) is 1. The summed E-state index contributed by atoms with van der Waals surface area (Å²) >= 11 is 0.